The Bertz CT molecular complexity index is 555. The van der Waals surface area contributed by atoms with Gasteiger partial charge in [-0.05, 0) is 44.1 Å². The monoisotopic (exact) mass is 243 g/mol. The first-order chi connectivity index (χ1) is 8.86. The van der Waals surface area contributed by atoms with E-state index in [1.54, 1.807) is 0 Å². The van der Waals surface area contributed by atoms with E-state index >= 15 is 0 Å². The smallest absolute Gasteiger partial charge is 0.150 e. The molecule has 0 radical (unpaired) electrons. The lowest BCUT2D eigenvalue weighted by molar-refractivity contribution is 0.112. The summed E-state index contributed by atoms with van der Waals surface area (Å²) in [4.78, 5) is 17.7. The van der Waals surface area contributed by atoms with Crippen LogP contribution in [0.2, 0.25) is 0 Å². The van der Waals surface area contributed by atoms with Crippen molar-refractivity contribution in [2.24, 2.45) is 0 Å². The molecule has 0 unspecified atom stereocenters. The van der Waals surface area contributed by atoms with Crippen molar-refractivity contribution in [3.63, 3.8) is 0 Å². The molecule has 1 saturated heterocycles. The van der Waals surface area contributed by atoms with Crippen molar-refractivity contribution in [1.82, 2.24) is 14.5 Å². The van der Waals surface area contributed by atoms with Crippen molar-refractivity contribution in [1.29, 1.82) is 0 Å². The Balaban J connectivity index is 1.80. The van der Waals surface area contributed by atoms with Gasteiger partial charge in [0.2, 0.25) is 0 Å². The van der Waals surface area contributed by atoms with E-state index in [4.69, 9.17) is 0 Å². The molecule has 18 heavy (non-hydrogen) atoms. The van der Waals surface area contributed by atoms with Gasteiger partial charge in [-0.15, -0.1) is 0 Å². The van der Waals surface area contributed by atoms with Gasteiger partial charge in [-0.3, -0.25) is 4.79 Å². The molecule has 3 rings (SSSR count). The standard InChI is InChI=1S/C14H17N3O/c18-10-12-3-4-13-14(9-12)17(11-15-13)8-7-16-5-1-2-6-16/h3-4,9-11H,1-2,5-8H2. The number of carbonyl (C=O) groups excluding carboxylic acids is 1. The van der Waals surface area contributed by atoms with Gasteiger partial charge in [-0.25, -0.2) is 4.98 Å². The van der Waals surface area contributed by atoms with Crippen LogP contribution in [0.15, 0.2) is 24.5 Å². The fraction of sp³-hybridized carbons (Fsp3) is 0.429. The van der Waals surface area contributed by atoms with E-state index in [9.17, 15) is 4.79 Å². The van der Waals surface area contributed by atoms with Crippen molar-refractivity contribution in [2.75, 3.05) is 19.6 Å². The zero-order valence-electron chi connectivity index (χ0n) is 10.4. The van der Waals surface area contributed by atoms with Crippen LogP contribution < -0.4 is 0 Å². The summed E-state index contributed by atoms with van der Waals surface area (Å²) in [5.41, 5.74) is 2.73. The normalized spacial score (nSPS) is 16.4. The topological polar surface area (TPSA) is 38.1 Å². The SMILES string of the molecule is O=Cc1ccc2ncn(CCN3CCCC3)c2c1. The maximum atomic E-state index is 10.8. The number of benzene rings is 1. The first kappa shape index (κ1) is 11.4. The van der Waals surface area contributed by atoms with E-state index in [1.807, 2.05) is 24.5 Å². The third-order valence-electron chi connectivity index (χ3n) is 3.64. The van der Waals surface area contributed by atoms with Crippen LogP contribution in [0.4, 0.5) is 0 Å². The van der Waals surface area contributed by atoms with Crippen molar-refractivity contribution < 1.29 is 4.79 Å². The number of carbonyl (C=O) groups is 1. The zero-order valence-corrected chi connectivity index (χ0v) is 10.4. The van der Waals surface area contributed by atoms with Crippen LogP contribution in [0.1, 0.15) is 23.2 Å². The van der Waals surface area contributed by atoms with E-state index < -0.39 is 0 Å². The highest BCUT2D eigenvalue weighted by molar-refractivity contribution is 5.84. The molecule has 0 bridgehead atoms. The van der Waals surface area contributed by atoms with E-state index in [0.717, 1.165) is 30.4 Å². The molecule has 0 atom stereocenters. The molecule has 1 aliphatic rings. The van der Waals surface area contributed by atoms with Crippen molar-refractivity contribution in [3.05, 3.63) is 30.1 Å². The Morgan fingerprint density at radius 3 is 2.83 bits per heavy atom. The van der Waals surface area contributed by atoms with Gasteiger partial charge in [-0.2, -0.15) is 0 Å². The van der Waals surface area contributed by atoms with Crippen molar-refractivity contribution in [3.8, 4) is 0 Å². The number of hydrogen-bond donors (Lipinski definition) is 0. The molecule has 4 heteroatoms. The van der Waals surface area contributed by atoms with E-state index in [2.05, 4.69) is 14.5 Å². The summed E-state index contributed by atoms with van der Waals surface area (Å²) in [6, 6.07) is 5.64. The largest absolute Gasteiger partial charge is 0.329 e. The van der Waals surface area contributed by atoms with Gasteiger partial charge >= 0.3 is 0 Å². The van der Waals surface area contributed by atoms with Crippen LogP contribution >= 0.6 is 0 Å². The van der Waals surface area contributed by atoms with E-state index in [0.29, 0.717) is 5.56 Å². The molecule has 1 aromatic carbocycles. The van der Waals surface area contributed by atoms with E-state index in [1.165, 1.54) is 25.9 Å². The highest BCUT2D eigenvalue weighted by Gasteiger charge is 2.11. The van der Waals surface area contributed by atoms with Crippen molar-refractivity contribution in [2.45, 2.75) is 19.4 Å². The molecule has 94 valence electrons. The third-order valence-corrected chi connectivity index (χ3v) is 3.64. The summed E-state index contributed by atoms with van der Waals surface area (Å²) < 4.78 is 2.14. The van der Waals surface area contributed by atoms with E-state index in [-0.39, 0.29) is 0 Å². The lowest BCUT2D eigenvalue weighted by Gasteiger charge is -2.14. The van der Waals surface area contributed by atoms with Crippen LogP contribution in [-0.4, -0.2) is 40.4 Å². The Labute approximate surface area is 106 Å². The highest BCUT2D eigenvalue weighted by atomic mass is 16.1. The maximum absolute atomic E-state index is 10.8. The van der Waals surface area contributed by atoms with Crippen LogP contribution in [0.5, 0.6) is 0 Å². The maximum Gasteiger partial charge on any atom is 0.150 e. The number of imidazole rings is 1. The predicted octanol–water partition coefficient (Wildman–Crippen LogP) is 1.94. The predicted molar refractivity (Wildman–Crippen MR) is 70.8 cm³/mol. The van der Waals surface area contributed by atoms with Gasteiger partial charge in [-0.1, -0.05) is 0 Å². The fourth-order valence-electron chi connectivity index (χ4n) is 2.58. The van der Waals surface area contributed by atoms with Crippen LogP contribution in [0.25, 0.3) is 11.0 Å². The summed E-state index contributed by atoms with van der Waals surface area (Å²) >= 11 is 0. The summed E-state index contributed by atoms with van der Waals surface area (Å²) in [7, 11) is 0. The molecule has 0 amide bonds. The molecule has 4 nitrogen and oxygen atoms in total. The summed E-state index contributed by atoms with van der Waals surface area (Å²) in [5, 5.41) is 0. The summed E-state index contributed by atoms with van der Waals surface area (Å²) in [6.07, 6.45) is 5.40. The minimum absolute atomic E-state index is 0.713. The molecule has 2 aromatic rings. The number of aromatic nitrogens is 2. The van der Waals surface area contributed by atoms with Gasteiger partial charge in [0.25, 0.3) is 0 Å². The lowest BCUT2D eigenvalue weighted by Crippen LogP contribution is -2.23. The minimum atomic E-state index is 0.713. The van der Waals surface area contributed by atoms with Crippen LogP contribution in [-0.2, 0) is 6.54 Å². The molecular weight excluding hydrogens is 226 g/mol. The zero-order chi connectivity index (χ0) is 12.4. The molecule has 0 aliphatic carbocycles. The molecule has 0 spiro atoms. The van der Waals surface area contributed by atoms with Crippen LogP contribution in [0, 0.1) is 0 Å². The molecule has 0 N–H and O–H groups in total. The summed E-state index contributed by atoms with van der Waals surface area (Å²) in [6.45, 7) is 4.44. The Morgan fingerprint density at radius 2 is 2.06 bits per heavy atom. The molecule has 1 fully saturated rings. The summed E-state index contributed by atoms with van der Waals surface area (Å²) in [5.74, 6) is 0. The fourth-order valence-corrected chi connectivity index (χ4v) is 2.58. The molecule has 1 aromatic heterocycles. The quantitative estimate of drug-likeness (QED) is 0.770. The number of likely N-dealkylation sites (tertiary alicyclic amines) is 1. The lowest BCUT2D eigenvalue weighted by atomic mass is 10.2. The first-order valence-corrected chi connectivity index (χ1v) is 6.49. The van der Waals surface area contributed by atoms with Crippen molar-refractivity contribution >= 4 is 17.3 Å². The second-order valence-electron chi connectivity index (χ2n) is 4.85. The Morgan fingerprint density at radius 1 is 1.22 bits per heavy atom. The number of hydrogen-bond acceptors (Lipinski definition) is 3. The third kappa shape index (κ3) is 2.16. The van der Waals surface area contributed by atoms with Gasteiger partial charge in [0, 0.05) is 18.7 Å². The number of fused-ring (bicyclic) bond motifs is 1. The molecule has 2 heterocycles. The molecular formula is C14H17N3O. The molecule has 0 saturated carbocycles. The van der Waals surface area contributed by atoms with Gasteiger partial charge < -0.3 is 9.47 Å². The number of aldehydes is 1. The Kier molecular flexibility index (Phi) is 3.11. The average molecular weight is 243 g/mol. The average Bonchev–Trinajstić information content (AvgIpc) is 3.05. The second-order valence-corrected chi connectivity index (χ2v) is 4.85. The number of nitrogens with zero attached hydrogens (tertiary/aromatic N) is 3. The second kappa shape index (κ2) is 4.90. The van der Waals surface area contributed by atoms with Gasteiger partial charge in [0.15, 0.2) is 0 Å². The van der Waals surface area contributed by atoms with Crippen LogP contribution in [0.3, 0.4) is 0 Å². The minimum Gasteiger partial charge on any atom is -0.329 e. The highest BCUT2D eigenvalue weighted by Crippen LogP contribution is 2.15. The van der Waals surface area contributed by atoms with Gasteiger partial charge in [0.05, 0.1) is 17.4 Å². The number of rotatable bonds is 4. The van der Waals surface area contributed by atoms with Gasteiger partial charge in [0.1, 0.15) is 6.29 Å². The molecule has 1 aliphatic heterocycles. The Hall–Kier alpha value is -1.68. The first-order valence-electron chi connectivity index (χ1n) is 6.49.